The molecule has 5 nitrogen and oxygen atoms in total. The number of aryl methyl sites for hydroxylation is 1. The number of hydrogen-bond donors (Lipinski definition) is 2. The number of hydrogen-bond acceptors (Lipinski definition) is 4. The molecular formula is C16H20N4O. The fourth-order valence-corrected chi connectivity index (χ4v) is 1.74. The SMILES string of the molecule is Cc1ccc(C(=O)Nc2ccc(NC(C)(C)C)nn2)cc1. The molecule has 0 fully saturated rings. The van der Waals surface area contributed by atoms with Crippen molar-refractivity contribution >= 4 is 17.5 Å². The van der Waals surface area contributed by atoms with Crippen molar-refractivity contribution in [2.45, 2.75) is 33.2 Å². The summed E-state index contributed by atoms with van der Waals surface area (Å²) in [7, 11) is 0. The van der Waals surface area contributed by atoms with E-state index < -0.39 is 0 Å². The van der Waals surface area contributed by atoms with E-state index in [4.69, 9.17) is 0 Å². The Balaban J connectivity index is 2.03. The quantitative estimate of drug-likeness (QED) is 0.908. The van der Waals surface area contributed by atoms with Crippen LogP contribution in [0.3, 0.4) is 0 Å². The van der Waals surface area contributed by atoms with E-state index in [0.29, 0.717) is 17.2 Å². The maximum absolute atomic E-state index is 12.0. The molecular weight excluding hydrogens is 264 g/mol. The molecule has 21 heavy (non-hydrogen) atoms. The fraction of sp³-hybridized carbons (Fsp3) is 0.312. The standard InChI is InChI=1S/C16H20N4O/c1-11-5-7-12(8-6-11)15(21)17-13-9-10-14(20-19-13)18-16(2,3)4/h5-10H,1-4H3,(H,18,20)(H,17,19,21). The molecule has 0 aliphatic rings. The van der Waals surface area contributed by atoms with Crippen molar-refractivity contribution in [3.8, 4) is 0 Å². The summed E-state index contributed by atoms with van der Waals surface area (Å²) < 4.78 is 0. The van der Waals surface area contributed by atoms with E-state index in [0.717, 1.165) is 5.56 Å². The highest BCUT2D eigenvalue weighted by Gasteiger charge is 2.11. The van der Waals surface area contributed by atoms with Gasteiger partial charge in [-0.05, 0) is 52.0 Å². The van der Waals surface area contributed by atoms with Gasteiger partial charge >= 0.3 is 0 Å². The first-order valence-corrected chi connectivity index (χ1v) is 6.83. The van der Waals surface area contributed by atoms with Gasteiger partial charge in [0, 0.05) is 11.1 Å². The van der Waals surface area contributed by atoms with Crippen LogP contribution >= 0.6 is 0 Å². The van der Waals surface area contributed by atoms with Crippen LogP contribution < -0.4 is 10.6 Å². The summed E-state index contributed by atoms with van der Waals surface area (Å²) in [5.41, 5.74) is 1.63. The van der Waals surface area contributed by atoms with Crippen molar-refractivity contribution in [1.82, 2.24) is 10.2 Å². The molecule has 2 N–H and O–H groups in total. The van der Waals surface area contributed by atoms with Gasteiger partial charge in [0.25, 0.3) is 5.91 Å². The van der Waals surface area contributed by atoms with Gasteiger partial charge in [-0.3, -0.25) is 4.79 Å². The number of nitrogens with zero attached hydrogens (tertiary/aromatic N) is 2. The lowest BCUT2D eigenvalue weighted by atomic mass is 10.1. The Hall–Kier alpha value is -2.43. The third-order valence-corrected chi connectivity index (χ3v) is 2.72. The van der Waals surface area contributed by atoms with Crippen LogP contribution in [-0.2, 0) is 0 Å². The molecule has 0 atom stereocenters. The molecule has 0 unspecified atom stereocenters. The van der Waals surface area contributed by atoms with Gasteiger partial charge in [0.15, 0.2) is 5.82 Å². The summed E-state index contributed by atoms with van der Waals surface area (Å²) in [6.45, 7) is 8.11. The Bertz CT molecular complexity index is 612. The second-order valence-electron chi connectivity index (χ2n) is 6.00. The van der Waals surface area contributed by atoms with E-state index in [9.17, 15) is 4.79 Å². The first-order valence-electron chi connectivity index (χ1n) is 6.83. The van der Waals surface area contributed by atoms with Crippen molar-refractivity contribution in [3.05, 3.63) is 47.5 Å². The van der Waals surface area contributed by atoms with E-state index in [1.165, 1.54) is 0 Å². The fourth-order valence-electron chi connectivity index (χ4n) is 1.74. The van der Waals surface area contributed by atoms with Crippen LogP contribution in [0.15, 0.2) is 36.4 Å². The van der Waals surface area contributed by atoms with Crippen molar-refractivity contribution in [2.24, 2.45) is 0 Å². The minimum absolute atomic E-state index is 0.0820. The number of anilines is 2. The minimum atomic E-state index is -0.194. The Morgan fingerprint density at radius 2 is 1.52 bits per heavy atom. The van der Waals surface area contributed by atoms with Crippen LogP contribution in [0.2, 0.25) is 0 Å². The number of benzene rings is 1. The monoisotopic (exact) mass is 284 g/mol. The largest absolute Gasteiger partial charge is 0.364 e. The summed E-state index contributed by atoms with van der Waals surface area (Å²) in [6, 6.07) is 10.9. The number of aromatic nitrogens is 2. The van der Waals surface area contributed by atoms with Crippen molar-refractivity contribution < 1.29 is 4.79 Å². The van der Waals surface area contributed by atoms with Gasteiger partial charge in [0.2, 0.25) is 0 Å². The van der Waals surface area contributed by atoms with Gasteiger partial charge in [-0.15, -0.1) is 10.2 Å². The van der Waals surface area contributed by atoms with E-state index >= 15 is 0 Å². The van der Waals surface area contributed by atoms with Gasteiger partial charge in [-0.2, -0.15) is 0 Å². The molecule has 0 bridgehead atoms. The highest BCUT2D eigenvalue weighted by atomic mass is 16.1. The molecule has 0 radical (unpaired) electrons. The second-order valence-corrected chi connectivity index (χ2v) is 6.00. The maximum Gasteiger partial charge on any atom is 0.256 e. The lowest BCUT2D eigenvalue weighted by molar-refractivity contribution is 0.102. The number of carbonyl (C=O) groups is 1. The molecule has 1 amide bonds. The number of amides is 1. The van der Waals surface area contributed by atoms with Crippen LogP contribution in [-0.4, -0.2) is 21.6 Å². The highest BCUT2D eigenvalue weighted by Crippen LogP contribution is 2.13. The zero-order valence-electron chi connectivity index (χ0n) is 12.8. The number of carbonyl (C=O) groups excluding carboxylic acids is 1. The van der Waals surface area contributed by atoms with Crippen LogP contribution in [0.4, 0.5) is 11.6 Å². The van der Waals surface area contributed by atoms with Gasteiger partial charge in [-0.1, -0.05) is 17.7 Å². The van der Waals surface area contributed by atoms with Crippen molar-refractivity contribution in [2.75, 3.05) is 10.6 Å². The molecule has 1 aromatic carbocycles. The van der Waals surface area contributed by atoms with Crippen molar-refractivity contribution in [1.29, 1.82) is 0 Å². The second kappa shape index (κ2) is 5.91. The molecule has 2 aromatic rings. The Labute approximate surface area is 124 Å². The molecule has 0 aliphatic carbocycles. The first-order chi connectivity index (χ1) is 9.83. The number of nitrogens with one attached hydrogen (secondary N) is 2. The Morgan fingerprint density at radius 3 is 2.05 bits per heavy atom. The summed E-state index contributed by atoms with van der Waals surface area (Å²) in [5, 5.41) is 14.0. The van der Waals surface area contributed by atoms with E-state index in [2.05, 4.69) is 20.8 Å². The van der Waals surface area contributed by atoms with Gasteiger partial charge < -0.3 is 10.6 Å². The Morgan fingerprint density at radius 1 is 0.952 bits per heavy atom. The van der Waals surface area contributed by atoms with E-state index in [1.807, 2.05) is 39.8 Å². The summed E-state index contributed by atoms with van der Waals surface area (Å²) >= 11 is 0. The molecule has 110 valence electrons. The predicted octanol–water partition coefficient (Wildman–Crippen LogP) is 3.25. The summed E-state index contributed by atoms with van der Waals surface area (Å²) in [4.78, 5) is 12.0. The topological polar surface area (TPSA) is 66.9 Å². The van der Waals surface area contributed by atoms with Crippen LogP contribution in [0, 0.1) is 6.92 Å². The van der Waals surface area contributed by atoms with Crippen LogP contribution in [0.25, 0.3) is 0 Å². The van der Waals surface area contributed by atoms with Crippen LogP contribution in [0.5, 0.6) is 0 Å². The average molecular weight is 284 g/mol. The normalized spacial score (nSPS) is 11.0. The first kappa shape index (κ1) is 15.0. The summed E-state index contributed by atoms with van der Waals surface area (Å²) in [5.74, 6) is 0.914. The molecule has 5 heteroatoms. The van der Waals surface area contributed by atoms with Gasteiger partial charge in [-0.25, -0.2) is 0 Å². The van der Waals surface area contributed by atoms with Crippen molar-refractivity contribution in [3.63, 3.8) is 0 Å². The van der Waals surface area contributed by atoms with Gasteiger partial charge in [0.1, 0.15) is 5.82 Å². The van der Waals surface area contributed by atoms with E-state index in [-0.39, 0.29) is 11.4 Å². The smallest absolute Gasteiger partial charge is 0.256 e. The minimum Gasteiger partial charge on any atom is -0.364 e. The highest BCUT2D eigenvalue weighted by molar-refractivity contribution is 6.03. The zero-order chi connectivity index (χ0) is 15.5. The zero-order valence-corrected chi connectivity index (χ0v) is 12.8. The van der Waals surface area contributed by atoms with Gasteiger partial charge in [0.05, 0.1) is 0 Å². The molecule has 1 heterocycles. The molecule has 2 rings (SSSR count). The lowest BCUT2D eigenvalue weighted by Gasteiger charge is -2.20. The molecule has 0 aliphatic heterocycles. The maximum atomic E-state index is 12.0. The van der Waals surface area contributed by atoms with E-state index in [1.54, 1.807) is 24.3 Å². The molecule has 0 saturated heterocycles. The number of rotatable bonds is 3. The molecule has 0 spiro atoms. The Kier molecular flexibility index (Phi) is 4.21. The average Bonchev–Trinajstić information content (AvgIpc) is 2.40. The molecule has 1 aromatic heterocycles. The molecule has 0 saturated carbocycles. The lowest BCUT2D eigenvalue weighted by Crippen LogP contribution is -2.26. The summed E-state index contributed by atoms with van der Waals surface area (Å²) in [6.07, 6.45) is 0. The third-order valence-electron chi connectivity index (χ3n) is 2.72. The predicted molar refractivity (Wildman–Crippen MR) is 84.5 cm³/mol. The van der Waals surface area contributed by atoms with Crippen LogP contribution in [0.1, 0.15) is 36.7 Å². The third kappa shape index (κ3) is 4.56.